The van der Waals surface area contributed by atoms with Crippen LogP contribution in [0.1, 0.15) is 21.7 Å². The van der Waals surface area contributed by atoms with Crippen molar-refractivity contribution < 1.29 is 4.79 Å². The Balaban J connectivity index is 2.33. The lowest BCUT2D eigenvalue weighted by Gasteiger charge is -1.99. The fraction of sp³-hybridized carbons (Fsp3) is 0.0909. The van der Waals surface area contributed by atoms with E-state index in [1.54, 1.807) is 18.3 Å². The molecular weight excluding hydrogens is 190 g/mol. The van der Waals surface area contributed by atoms with Gasteiger partial charge in [-0.1, -0.05) is 0 Å². The minimum absolute atomic E-state index is 0.157. The maximum atomic E-state index is 11.8. The molecule has 0 unspecified atom stereocenters. The van der Waals surface area contributed by atoms with E-state index in [4.69, 9.17) is 0 Å². The van der Waals surface area contributed by atoms with Gasteiger partial charge in [0.2, 0.25) is 5.78 Å². The molecule has 4 heteroatoms. The number of aromatic nitrogens is 3. The van der Waals surface area contributed by atoms with Crippen LogP contribution in [0.15, 0.2) is 36.9 Å². The summed E-state index contributed by atoms with van der Waals surface area (Å²) in [5.74, 6) is -0.157. The minimum atomic E-state index is -0.157. The number of nitrogens with zero attached hydrogens (tertiary/aromatic N) is 3. The van der Waals surface area contributed by atoms with Gasteiger partial charge in [0.25, 0.3) is 0 Å². The van der Waals surface area contributed by atoms with Crippen molar-refractivity contribution in [2.24, 2.45) is 0 Å². The number of aryl methyl sites for hydroxylation is 1. The van der Waals surface area contributed by atoms with Crippen molar-refractivity contribution in [3.8, 4) is 0 Å². The number of carbonyl (C=O) groups excluding carboxylic acids is 1. The topological polar surface area (TPSA) is 55.7 Å². The molecule has 0 aliphatic rings. The van der Waals surface area contributed by atoms with Gasteiger partial charge in [-0.15, -0.1) is 0 Å². The van der Waals surface area contributed by atoms with Crippen molar-refractivity contribution in [2.75, 3.05) is 0 Å². The number of hydrogen-bond acceptors (Lipinski definition) is 4. The highest BCUT2D eigenvalue weighted by Gasteiger charge is 2.09. The number of hydrogen-bond donors (Lipinski definition) is 0. The summed E-state index contributed by atoms with van der Waals surface area (Å²) in [6.07, 6.45) is 6.02. The number of ketones is 1. The van der Waals surface area contributed by atoms with E-state index >= 15 is 0 Å². The second-order valence-corrected chi connectivity index (χ2v) is 3.11. The molecule has 0 spiro atoms. The number of rotatable bonds is 2. The maximum absolute atomic E-state index is 11.8. The van der Waals surface area contributed by atoms with Crippen molar-refractivity contribution in [1.29, 1.82) is 0 Å². The fourth-order valence-corrected chi connectivity index (χ4v) is 1.17. The molecule has 2 aromatic rings. The van der Waals surface area contributed by atoms with Crippen molar-refractivity contribution in [3.63, 3.8) is 0 Å². The smallest absolute Gasteiger partial charge is 0.214 e. The molecule has 4 nitrogen and oxygen atoms in total. The Morgan fingerprint density at radius 1 is 1.13 bits per heavy atom. The molecule has 74 valence electrons. The van der Waals surface area contributed by atoms with E-state index in [1.165, 1.54) is 18.6 Å². The molecule has 0 aliphatic heterocycles. The van der Waals surface area contributed by atoms with Crippen LogP contribution in [0.5, 0.6) is 0 Å². The summed E-state index contributed by atoms with van der Waals surface area (Å²) in [5.41, 5.74) is 1.75. The molecule has 2 heterocycles. The van der Waals surface area contributed by atoms with Crippen LogP contribution in [-0.4, -0.2) is 20.7 Å². The van der Waals surface area contributed by atoms with Crippen LogP contribution in [-0.2, 0) is 0 Å². The van der Waals surface area contributed by atoms with E-state index in [-0.39, 0.29) is 5.78 Å². The normalized spacial score (nSPS) is 9.93. The molecule has 0 saturated carbocycles. The van der Waals surface area contributed by atoms with Crippen LogP contribution >= 0.6 is 0 Å². The van der Waals surface area contributed by atoms with Gasteiger partial charge in [0.05, 0.1) is 6.20 Å². The van der Waals surface area contributed by atoms with Crippen molar-refractivity contribution in [2.45, 2.75) is 6.92 Å². The van der Waals surface area contributed by atoms with Crippen LogP contribution in [0.2, 0.25) is 0 Å². The van der Waals surface area contributed by atoms with Crippen LogP contribution < -0.4 is 0 Å². The zero-order valence-corrected chi connectivity index (χ0v) is 8.21. The molecule has 0 N–H and O–H groups in total. The van der Waals surface area contributed by atoms with Crippen molar-refractivity contribution in [3.05, 3.63) is 53.9 Å². The first-order valence-corrected chi connectivity index (χ1v) is 4.51. The second-order valence-electron chi connectivity index (χ2n) is 3.11. The molecule has 0 radical (unpaired) electrons. The molecule has 0 fully saturated rings. The summed E-state index contributed by atoms with van der Waals surface area (Å²) >= 11 is 0. The fourth-order valence-electron chi connectivity index (χ4n) is 1.17. The van der Waals surface area contributed by atoms with E-state index in [0.29, 0.717) is 11.3 Å². The number of carbonyl (C=O) groups is 1. The summed E-state index contributed by atoms with van der Waals surface area (Å²) in [5, 5.41) is 0. The van der Waals surface area contributed by atoms with E-state index in [2.05, 4.69) is 15.0 Å². The first-order valence-electron chi connectivity index (χ1n) is 4.51. The van der Waals surface area contributed by atoms with Gasteiger partial charge < -0.3 is 0 Å². The predicted molar refractivity (Wildman–Crippen MR) is 54.4 cm³/mol. The van der Waals surface area contributed by atoms with Gasteiger partial charge in [-0.25, -0.2) is 4.98 Å². The van der Waals surface area contributed by atoms with Gasteiger partial charge in [0.15, 0.2) is 0 Å². The Kier molecular flexibility index (Phi) is 2.49. The lowest BCUT2D eigenvalue weighted by molar-refractivity contribution is 0.103. The van der Waals surface area contributed by atoms with Crippen LogP contribution in [0.4, 0.5) is 0 Å². The first-order chi connectivity index (χ1) is 7.27. The highest BCUT2D eigenvalue weighted by molar-refractivity contribution is 6.07. The molecule has 0 amide bonds. The SMILES string of the molecule is Cc1ccc(C(=O)c2cnccn2)cn1. The van der Waals surface area contributed by atoms with Crippen molar-refractivity contribution in [1.82, 2.24) is 15.0 Å². The second kappa shape index (κ2) is 3.96. The Morgan fingerprint density at radius 3 is 2.60 bits per heavy atom. The van der Waals surface area contributed by atoms with Gasteiger partial charge in [-0.3, -0.25) is 14.8 Å². The average molecular weight is 199 g/mol. The molecular formula is C11H9N3O. The van der Waals surface area contributed by atoms with Crippen LogP contribution in [0, 0.1) is 6.92 Å². The lowest BCUT2D eigenvalue weighted by Crippen LogP contribution is -2.04. The molecule has 15 heavy (non-hydrogen) atoms. The Bertz CT molecular complexity index is 465. The van der Waals surface area contributed by atoms with Gasteiger partial charge in [-0.2, -0.15) is 0 Å². The molecule has 2 rings (SSSR count). The molecule has 0 saturated heterocycles. The van der Waals surface area contributed by atoms with Crippen LogP contribution in [0.25, 0.3) is 0 Å². The van der Waals surface area contributed by atoms with E-state index in [9.17, 15) is 4.79 Å². The Labute approximate surface area is 87.0 Å². The van der Waals surface area contributed by atoms with Crippen molar-refractivity contribution >= 4 is 5.78 Å². The van der Waals surface area contributed by atoms with Gasteiger partial charge >= 0.3 is 0 Å². The molecule has 0 bridgehead atoms. The first kappa shape index (κ1) is 9.45. The van der Waals surface area contributed by atoms with E-state index < -0.39 is 0 Å². The summed E-state index contributed by atoms with van der Waals surface area (Å²) in [7, 11) is 0. The monoisotopic (exact) mass is 199 g/mol. The Morgan fingerprint density at radius 2 is 2.00 bits per heavy atom. The third kappa shape index (κ3) is 2.04. The number of pyridine rings is 1. The molecule has 0 aliphatic carbocycles. The lowest BCUT2D eigenvalue weighted by atomic mass is 10.1. The summed E-state index contributed by atoms with van der Waals surface area (Å²) in [6.45, 7) is 1.87. The van der Waals surface area contributed by atoms with E-state index in [0.717, 1.165) is 5.69 Å². The third-order valence-electron chi connectivity index (χ3n) is 1.97. The largest absolute Gasteiger partial charge is 0.287 e. The van der Waals surface area contributed by atoms with E-state index in [1.807, 2.05) is 6.92 Å². The summed E-state index contributed by atoms with van der Waals surface area (Å²) < 4.78 is 0. The van der Waals surface area contributed by atoms with Gasteiger partial charge in [-0.05, 0) is 19.1 Å². The van der Waals surface area contributed by atoms with Crippen LogP contribution in [0.3, 0.4) is 0 Å². The summed E-state index contributed by atoms with van der Waals surface area (Å²) in [6, 6.07) is 3.53. The minimum Gasteiger partial charge on any atom is -0.287 e. The molecule has 2 aromatic heterocycles. The zero-order chi connectivity index (χ0) is 10.7. The summed E-state index contributed by atoms with van der Waals surface area (Å²) in [4.78, 5) is 23.7. The van der Waals surface area contributed by atoms with Gasteiger partial charge in [0.1, 0.15) is 5.69 Å². The third-order valence-corrected chi connectivity index (χ3v) is 1.97. The average Bonchev–Trinajstić information content (AvgIpc) is 2.30. The van der Waals surface area contributed by atoms with Gasteiger partial charge in [0, 0.05) is 29.8 Å². The predicted octanol–water partition coefficient (Wildman–Crippen LogP) is 1.41. The maximum Gasteiger partial charge on any atom is 0.214 e. The highest BCUT2D eigenvalue weighted by Crippen LogP contribution is 2.05. The Hall–Kier alpha value is -2.10. The molecule has 0 atom stereocenters. The molecule has 0 aromatic carbocycles. The standard InChI is InChI=1S/C11H9N3O/c1-8-2-3-9(6-14-8)11(15)10-7-12-4-5-13-10/h2-7H,1H3. The highest BCUT2D eigenvalue weighted by atomic mass is 16.1. The quantitative estimate of drug-likeness (QED) is 0.686. The zero-order valence-electron chi connectivity index (χ0n) is 8.21.